The lowest BCUT2D eigenvalue weighted by Gasteiger charge is -2.30. The molecular formula is C15H29N3O2. The van der Waals surface area contributed by atoms with Crippen molar-refractivity contribution in [1.82, 2.24) is 4.90 Å². The van der Waals surface area contributed by atoms with Gasteiger partial charge < -0.3 is 16.4 Å². The zero-order valence-corrected chi connectivity index (χ0v) is 12.8. The van der Waals surface area contributed by atoms with Gasteiger partial charge in [-0.15, -0.1) is 0 Å². The van der Waals surface area contributed by atoms with Crippen LogP contribution in [0, 0.1) is 17.8 Å². The summed E-state index contributed by atoms with van der Waals surface area (Å²) in [6.45, 7) is 5.46. The minimum atomic E-state index is -0.439. The van der Waals surface area contributed by atoms with E-state index < -0.39 is 5.91 Å². The molecule has 20 heavy (non-hydrogen) atoms. The van der Waals surface area contributed by atoms with E-state index in [1.165, 1.54) is 0 Å². The Bertz CT molecular complexity index is 323. The molecule has 0 aromatic rings. The quantitative estimate of drug-likeness (QED) is 0.733. The molecule has 0 unspecified atom stereocenters. The highest BCUT2D eigenvalue weighted by atomic mass is 16.2. The molecule has 2 amide bonds. The summed E-state index contributed by atoms with van der Waals surface area (Å²) in [6, 6.07) is 0. The lowest BCUT2D eigenvalue weighted by molar-refractivity contribution is -0.136. The zero-order chi connectivity index (χ0) is 15.1. The Balaban J connectivity index is 2.47. The first-order valence-electron chi connectivity index (χ1n) is 7.68. The summed E-state index contributed by atoms with van der Waals surface area (Å²) >= 11 is 0. The minimum absolute atomic E-state index is 0.0369. The summed E-state index contributed by atoms with van der Waals surface area (Å²) in [5.74, 6) is 1.03. The molecule has 1 aliphatic carbocycles. The van der Waals surface area contributed by atoms with Crippen molar-refractivity contribution in [1.29, 1.82) is 0 Å². The third-order valence-electron chi connectivity index (χ3n) is 4.05. The lowest BCUT2D eigenvalue weighted by Crippen LogP contribution is -2.41. The highest BCUT2D eigenvalue weighted by Crippen LogP contribution is 2.30. The molecule has 0 atom stereocenters. The zero-order valence-electron chi connectivity index (χ0n) is 12.8. The smallest absolute Gasteiger partial charge is 0.237 e. The first kappa shape index (κ1) is 17.0. The van der Waals surface area contributed by atoms with E-state index in [4.69, 9.17) is 11.5 Å². The van der Waals surface area contributed by atoms with Gasteiger partial charge in [-0.25, -0.2) is 0 Å². The molecule has 116 valence electrons. The first-order valence-corrected chi connectivity index (χ1v) is 7.68. The molecule has 0 bridgehead atoms. The molecule has 1 fully saturated rings. The maximum atomic E-state index is 12.3. The van der Waals surface area contributed by atoms with Crippen LogP contribution in [-0.4, -0.2) is 36.3 Å². The van der Waals surface area contributed by atoms with Crippen LogP contribution in [0.3, 0.4) is 0 Å². The van der Waals surface area contributed by atoms with Crippen molar-refractivity contribution >= 4 is 11.8 Å². The van der Waals surface area contributed by atoms with Gasteiger partial charge in [0.25, 0.3) is 0 Å². The summed E-state index contributed by atoms with van der Waals surface area (Å²) in [5, 5.41) is 0. The second-order valence-electron chi connectivity index (χ2n) is 6.46. The van der Waals surface area contributed by atoms with Gasteiger partial charge in [0.2, 0.25) is 11.8 Å². The van der Waals surface area contributed by atoms with Gasteiger partial charge >= 0.3 is 0 Å². The van der Waals surface area contributed by atoms with Crippen LogP contribution in [0.5, 0.6) is 0 Å². The third-order valence-corrected chi connectivity index (χ3v) is 4.05. The number of nitrogens with zero attached hydrogens (tertiary/aromatic N) is 1. The van der Waals surface area contributed by atoms with E-state index in [9.17, 15) is 9.59 Å². The predicted octanol–water partition coefficient (Wildman–Crippen LogP) is 1.11. The summed E-state index contributed by atoms with van der Waals surface area (Å²) in [7, 11) is 0. The molecule has 5 heteroatoms. The summed E-state index contributed by atoms with van der Waals surface area (Å²) in [6.07, 6.45) is 4.92. The van der Waals surface area contributed by atoms with Gasteiger partial charge in [-0.1, -0.05) is 13.8 Å². The molecule has 1 aliphatic rings. The fourth-order valence-corrected chi connectivity index (χ4v) is 2.93. The summed E-state index contributed by atoms with van der Waals surface area (Å²) in [5.41, 5.74) is 10.9. The lowest BCUT2D eigenvalue weighted by atomic mass is 9.80. The third kappa shape index (κ3) is 5.90. The van der Waals surface area contributed by atoms with E-state index in [0.717, 1.165) is 32.2 Å². The average molecular weight is 283 g/mol. The Kier molecular flexibility index (Phi) is 6.99. The fourth-order valence-electron chi connectivity index (χ4n) is 2.93. The maximum Gasteiger partial charge on any atom is 0.237 e. The van der Waals surface area contributed by atoms with Crippen molar-refractivity contribution in [2.24, 2.45) is 29.2 Å². The molecule has 0 heterocycles. The monoisotopic (exact) mass is 283 g/mol. The fraction of sp³-hybridized carbons (Fsp3) is 0.867. The molecule has 0 spiro atoms. The Morgan fingerprint density at radius 2 is 1.70 bits per heavy atom. The molecule has 1 saturated carbocycles. The van der Waals surface area contributed by atoms with Gasteiger partial charge in [-0.2, -0.15) is 0 Å². The molecule has 0 saturated heterocycles. The van der Waals surface area contributed by atoms with Gasteiger partial charge in [-0.05, 0) is 50.0 Å². The van der Waals surface area contributed by atoms with Crippen molar-refractivity contribution in [3.63, 3.8) is 0 Å². The SMILES string of the molecule is CC(C)CN(CC(N)=O)C(=O)CC1CCC(CN)CC1. The maximum absolute atomic E-state index is 12.3. The van der Waals surface area contributed by atoms with E-state index in [-0.39, 0.29) is 12.5 Å². The van der Waals surface area contributed by atoms with E-state index in [1.807, 2.05) is 13.8 Å². The normalized spacial score (nSPS) is 22.8. The van der Waals surface area contributed by atoms with Crippen LogP contribution in [0.15, 0.2) is 0 Å². The first-order chi connectivity index (χ1) is 9.42. The topological polar surface area (TPSA) is 89.4 Å². The van der Waals surface area contributed by atoms with Crippen LogP contribution >= 0.6 is 0 Å². The Hall–Kier alpha value is -1.10. The number of amides is 2. The molecule has 0 aromatic carbocycles. The van der Waals surface area contributed by atoms with Crippen LogP contribution in [0.25, 0.3) is 0 Å². The Morgan fingerprint density at radius 1 is 1.15 bits per heavy atom. The summed E-state index contributed by atoms with van der Waals surface area (Å²) < 4.78 is 0. The van der Waals surface area contributed by atoms with E-state index in [1.54, 1.807) is 4.90 Å². The number of nitrogens with two attached hydrogens (primary N) is 2. The molecule has 0 radical (unpaired) electrons. The Morgan fingerprint density at radius 3 is 2.15 bits per heavy atom. The number of hydrogen-bond donors (Lipinski definition) is 2. The largest absolute Gasteiger partial charge is 0.368 e. The summed E-state index contributed by atoms with van der Waals surface area (Å²) in [4.78, 5) is 25.0. The van der Waals surface area contributed by atoms with Gasteiger partial charge in [-0.3, -0.25) is 9.59 Å². The van der Waals surface area contributed by atoms with Crippen LogP contribution in [-0.2, 0) is 9.59 Å². The van der Waals surface area contributed by atoms with Crippen LogP contribution in [0.1, 0.15) is 46.0 Å². The van der Waals surface area contributed by atoms with Gasteiger partial charge in [0.1, 0.15) is 0 Å². The second kappa shape index (κ2) is 8.25. The Labute approximate surface area is 122 Å². The molecule has 0 aromatic heterocycles. The number of carbonyl (C=O) groups excluding carboxylic acids is 2. The molecule has 0 aliphatic heterocycles. The molecule has 4 N–H and O–H groups in total. The minimum Gasteiger partial charge on any atom is -0.368 e. The van der Waals surface area contributed by atoms with E-state index in [2.05, 4.69) is 0 Å². The van der Waals surface area contributed by atoms with Crippen molar-refractivity contribution in [3.8, 4) is 0 Å². The predicted molar refractivity (Wildman–Crippen MR) is 79.7 cm³/mol. The highest BCUT2D eigenvalue weighted by molar-refractivity contribution is 5.83. The van der Waals surface area contributed by atoms with Gasteiger partial charge in [0.05, 0.1) is 6.54 Å². The molecular weight excluding hydrogens is 254 g/mol. The van der Waals surface area contributed by atoms with E-state index in [0.29, 0.717) is 30.7 Å². The van der Waals surface area contributed by atoms with Gasteiger partial charge in [0.15, 0.2) is 0 Å². The van der Waals surface area contributed by atoms with E-state index >= 15 is 0 Å². The van der Waals surface area contributed by atoms with Crippen LogP contribution in [0.4, 0.5) is 0 Å². The second-order valence-corrected chi connectivity index (χ2v) is 6.46. The number of carbonyl (C=O) groups is 2. The van der Waals surface area contributed by atoms with Crippen molar-refractivity contribution < 1.29 is 9.59 Å². The van der Waals surface area contributed by atoms with Crippen molar-refractivity contribution in [2.75, 3.05) is 19.6 Å². The van der Waals surface area contributed by atoms with Gasteiger partial charge in [0, 0.05) is 13.0 Å². The molecule has 5 nitrogen and oxygen atoms in total. The standard InChI is InChI=1S/C15H29N3O2/c1-11(2)9-18(10-14(17)19)15(20)7-12-3-5-13(8-16)6-4-12/h11-13H,3-10,16H2,1-2H3,(H2,17,19). The number of primary amides is 1. The van der Waals surface area contributed by atoms with Crippen molar-refractivity contribution in [2.45, 2.75) is 46.0 Å². The average Bonchev–Trinajstić information content (AvgIpc) is 2.37. The van der Waals surface area contributed by atoms with Crippen LogP contribution in [0.2, 0.25) is 0 Å². The highest BCUT2D eigenvalue weighted by Gasteiger charge is 2.25. The number of rotatable bonds is 7. The molecule has 1 rings (SSSR count). The van der Waals surface area contributed by atoms with Crippen LogP contribution < -0.4 is 11.5 Å². The number of hydrogen-bond acceptors (Lipinski definition) is 3. The van der Waals surface area contributed by atoms with Crippen molar-refractivity contribution in [3.05, 3.63) is 0 Å².